The Kier molecular flexibility index (Phi) is 3.10. The summed E-state index contributed by atoms with van der Waals surface area (Å²) >= 11 is 0. The lowest BCUT2D eigenvalue weighted by Crippen LogP contribution is -2.43. The van der Waals surface area contributed by atoms with E-state index in [1.54, 1.807) is 0 Å². The molecule has 0 amide bonds. The number of para-hydroxylation sites is 1. The van der Waals surface area contributed by atoms with Crippen molar-refractivity contribution in [3.05, 3.63) is 35.5 Å². The zero-order chi connectivity index (χ0) is 12.5. The van der Waals surface area contributed by atoms with Gasteiger partial charge in [-0.15, -0.1) is 0 Å². The van der Waals surface area contributed by atoms with Crippen molar-refractivity contribution in [2.75, 3.05) is 26.7 Å². The van der Waals surface area contributed by atoms with Gasteiger partial charge in [0, 0.05) is 42.8 Å². The van der Waals surface area contributed by atoms with Crippen LogP contribution in [0.4, 0.5) is 0 Å². The van der Waals surface area contributed by atoms with Crippen LogP contribution < -0.4 is 5.32 Å². The van der Waals surface area contributed by atoms with Gasteiger partial charge in [-0.2, -0.15) is 0 Å². The number of aryl methyl sites for hydroxylation is 1. The Morgan fingerprint density at radius 1 is 1.39 bits per heavy atom. The summed E-state index contributed by atoms with van der Waals surface area (Å²) in [5.41, 5.74) is 4.15. The predicted molar refractivity (Wildman–Crippen MR) is 75.9 cm³/mol. The number of hydrogen-bond acceptors (Lipinski definition) is 2. The van der Waals surface area contributed by atoms with Gasteiger partial charge in [0.2, 0.25) is 0 Å². The smallest absolute Gasteiger partial charge is 0.0491 e. The molecule has 1 atom stereocenters. The second kappa shape index (κ2) is 4.75. The highest BCUT2D eigenvalue weighted by Gasteiger charge is 2.23. The lowest BCUT2D eigenvalue weighted by Gasteiger charge is -2.33. The van der Waals surface area contributed by atoms with Gasteiger partial charge >= 0.3 is 0 Å². The third-order valence-corrected chi connectivity index (χ3v) is 4.08. The summed E-state index contributed by atoms with van der Waals surface area (Å²) in [7, 11) is 2.22. The largest absolute Gasteiger partial charge is 0.361 e. The average Bonchev–Trinajstić information content (AvgIpc) is 2.83. The third-order valence-electron chi connectivity index (χ3n) is 4.08. The molecule has 1 unspecified atom stereocenters. The number of nitrogens with zero attached hydrogens (tertiary/aromatic N) is 1. The Balaban J connectivity index is 2.07. The molecule has 2 N–H and O–H groups in total. The van der Waals surface area contributed by atoms with Crippen molar-refractivity contribution in [3.8, 4) is 0 Å². The summed E-state index contributed by atoms with van der Waals surface area (Å²) in [4.78, 5) is 5.91. The number of aromatic amines is 1. The van der Waals surface area contributed by atoms with E-state index in [0.29, 0.717) is 6.04 Å². The molecule has 0 spiro atoms. The van der Waals surface area contributed by atoms with Crippen molar-refractivity contribution in [2.24, 2.45) is 0 Å². The van der Waals surface area contributed by atoms with Gasteiger partial charge in [0.1, 0.15) is 0 Å². The Morgan fingerprint density at radius 3 is 3.06 bits per heavy atom. The van der Waals surface area contributed by atoms with Gasteiger partial charge in [0.25, 0.3) is 0 Å². The highest BCUT2D eigenvalue weighted by atomic mass is 15.2. The van der Waals surface area contributed by atoms with Crippen molar-refractivity contribution in [1.82, 2.24) is 15.2 Å². The van der Waals surface area contributed by atoms with Crippen LogP contribution in [-0.4, -0.2) is 36.6 Å². The minimum absolute atomic E-state index is 0.486. The van der Waals surface area contributed by atoms with Crippen molar-refractivity contribution >= 4 is 10.9 Å². The molecule has 1 aliphatic rings. The first kappa shape index (κ1) is 11.8. The molecule has 3 rings (SSSR count). The number of piperazine rings is 1. The fraction of sp³-hybridized carbons (Fsp3) is 0.467. The van der Waals surface area contributed by atoms with E-state index in [-0.39, 0.29) is 0 Å². The van der Waals surface area contributed by atoms with E-state index in [1.165, 1.54) is 22.0 Å². The van der Waals surface area contributed by atoms with Crippen LogP contribution in [0.2, 0.25) is 0 Å². The normalized spacial score (nSPS) is 21.6. The molecule has 3 nitrogen and oxygen atoms in total. The van der Waals surface area contributed by atoms with Crippen LogP contribution in [0, 0.1) is 0 Å². The number of H-pyrrole nitrogens is 1. The SMILES string of the molecule is CCc1cccc2c(C3CNCCN3C)c[nH]c12. The summed E-state index contributed by atoms with van der Waals surface area (Å²) in [6, 6.07) is 7.11. The van der Waals surface area contributed by atoms with E-state index in [1.807, 2.05) is 0 Å². The Bertz CT molecular complexity index is 544. The molecule has 2 heterocycles. The topological polar surface area (TPSA) is 31.1 Å². The van der Waals surface area contributed by atoms with E-state index in [4.69, 9.17) is 0 Å². The van der Waals surface area contributed by atoms with Crippen LogP contribution in [0.5, 0.6) is 0 Å². The standard InChI is InChI=1S/C15H21N3/c1-3-11-5-4-6-12-13(9-17-15(11)12)14-10-16-7-8-18(14)2/h4-6,9,14,16-17H,3,7-8,10H2,1-2H3. The van der Waals surface area contributed by atoms with Crippen molar-refractivity contribution in [3.63, 3.8) is 0 Å². The molecular formula is C15H21N3. The quantitative estimate of drug-likeness (QED) is 0.848. The molecule has 3 heteroatoms. The maximum Gasteiger partial charge on any atom is 0.0491 e. The minimum atomic E-state index is 0.486. The van der Waals surface area contributed by atoms with Gasteiger partial charge in [-0.1, -0.05) is 25.1 Å². The summed E-state index contributed by atoms with van der Waals surface area (Å²) < 4.78 is 0. The molecular weight excluding hydrogens is 222 g/mol. The molecule has 0 aliphatic carbocycles. The highest BCUT2D eigenvalue weighted by molar-refractivity contribution is 5.86. The molecule has 96 valence electrons. The Morgan fingerprint density at radius 2 is 2.28 bits per heavy atom. The number of aromatic nitrogens is 1. The van der Waals surface area contributed by atoms with Crippen molar-refractivity contribution < 1.29 is 0 Å². The van der Waals surface area contributed by atoms with Crippen molar-refractivity contribution in [2.45, 2.75) is 19.4 Å². The van der Waals surface area contributed by atoms with Crippen LogP contribution in [0.1, 0.15) is 24.1 Å². The van der Waals surface area contributed by atoms with E-state index in [0.717, 1.165) is 26.1 Å². The van der Waals surface area contributed by atoms with E-state index in [2.05, 4.69) is 53.6 Å². The van der Waals surface area contributed by atoms with Gasteiger partial charge in [0.05, 0.1) is 0 Å². The molecule has 18 heavy (non-hydrogen) atoms. The predicted octanol–water partition coefficient (Wildman–Crippen LogP) is 2.31. The molecule has 0 bridgehead atoms. The second-order valence-electron chi connectivity index (χ2n) is 5.14. The van der Waals surface area contributed by atoms with Gasteiger partial charge < -0.3 is 10.3 Å². The number of rotatable bonds is 2. The molecule has 2 aromatic rings. The third kappa shape index (κ3) is 1.84. The van der Waals surface area contributed by atoms with Gasteiger partial charge in [0.15, 0.2) is 0 Å². The fourth-order valence-corrected chi connectivity index (χ4v) is 2.96. The van der Waals surface area contributed by atoms with Crippen LogP contribution in [0.3, 0.4) is 0 Å². The first-order valence-electron chi connectivity index (χ1n) is 6.81. The zero-order valence-electron chi connectivity index (χ0n) is 11.2. The molecule has 1 aromatic heterocycles. The van der Waals surface area contributed by atoms with Crippen LogP contribution in [0.25, 0.3) is 10.9 Å². The maximum atomic E-state index is 3.49. The van der Waals surface area contributed by atoms with Crippen LogP contribution >= 0.6 is 0 Å². The summed E-state index contributed by atoms with van der Waals surface area (Å²) in [5.74, 6) is 0. The fourth-order valence-electron chi connectivity index (χ4n) is 2.96. The second-order valence-corrected chi connectivity index (χ2v) is 5.14. The number of fused-ring (bicyclic) bond motifs is 1. The maximum absolute atomic E-state index is 3.49. The molecule has 0 saturated carbocycles. The van der Waals surface area contributed by atoms with Crippen molar-refractivity contribution in [1.29, 1.82) is 0 Å². The lowest BCUT2D eigenvalue weighted by molar-refractivity contribution is 0.203. The number of nitrogens with one attached hydrogen (secondary N) is 2. The molecule has 1 saturated heterocycles. The van der Waals surface area contributed by atoms with E-state index < -0.39 is 0 Å². The Hall–Kier alpha value is -1.32. The molecule has 1 fully saturated rings. The monoisotopic (exact) mass is 243 g/mol. The van der Waals surface area contributed by atoms with Gasteiger partial charge in [-0.3, -0.25) is 4.90 Å². The number of benzene rings is 1. The highest BCUT2D eigenvalue weighted by Crippen LogP contribution is 2.30. The van der Waals surface area contributed by atoms with E-state index in [9.17, 15) is 0 Å². The minimum Gasteiger partial charge on any atom is -0.361 e. The Labute approximate surface area is 108 Å². The summed E-state index contributed by atoms with van der Waals surface area (Å²) in [6.45, 7) is 5.46. The molecule has 1 aliphatic heterocycles. The zero-order valence-corrected chi connectivity index (χ0v) is 11.2. The number of likely N-dealkylation sites (N-methyl/N-ethyl adjacent to an activating group) is 1. The van der Waals surface area contributed by atoms with Crippen LogP contribution in [-0.2, 0) is 6.42 Å². The number of hydrogen-bond donors (Lipinski definition) is 2. The summed E-state index contributed by atoms with van der Waals surface area (Å²) in [6.07, 6.45) is 3.27. The molecule has 0 radical (unpaired) electrons. The summed E-state index contributed by atoms with van der Waals surface area (Å²) in [5, 5.41) is 4.88. The van der Waals surface area contributed by atoms with Gasteiger partial charge in [-0.05, 0) is 24.6 Å². The average molecular weight is 243 g/mol. The van der Waals surface area contributed by atoms with Gasteiger partial charge in [-0.25, -0.2) is 0 Å². The lowest BCUT2D eigenvalue weighted by atomic mass is 10.0. The van der Waals surface area contributed by atoms with Crippen LogP contribution in [0.15, 0.2) is 24.4 Å². The van der Waals surface area contributed by atoms with E-state index >= 15 is 0 Å². The first-order chi connectivity index (χ1) is 8.81. The first-order valence-corrected chi connectivity index (χ1v) is 6.81. The molecule has 1 aromatic carbocycles.